The quantitative estimate of drug-likeness (QED) is 0.888. The number of nitrogens with zero attached hydrogens (tertiary/aromatic N) is 1. The molecule has 126 valence electrons. The lowest BCUT2D eigenvalue weighted by Crippen LogP contribution is -2.54. The van der Waals surface area contributed by atoms with Crippen LogP contribution in [-0.4, -0.2) is 42.5 Å². The summed E-state index contributed by atoms with van der Waals surface area (Å²) in [5, 5.41) is 5.24. The second-order valence-corrected chi connectivity index (χ2v) is 5.48. The van der Waals surface area contributed by atoms with Gasteiger partial charge in [-0.2, -0.15) is 13.2 Å². The molecule has 1 aromatic carbocycles. The van der Waals surface area contributed by atoms with E-state index in [1.807, 2.05) is 0 Å². The standard InChI is InChI=1S/C15H18F3N3O2/c1-10(20-14(23)21-7-6-19-13(22)9-21)8-11-4-2-3-5-12(11)15(16,17)18/h2-5,10H,6-9H2,1H3,(H,19,22)(H,20,23)/t10-/m1/s1. The first-order chi connectivity index (χ1) is 10.8. The molecule has 0 aliphatic carbocycles. The van der Waals surface area contributed by atoms with Crippen molar-refractivity contribution in [2.75, 3.05) is 19.6 Å². The number of piperazine rings is 1. The maximum absolute atomic E-state index is 13.0. The van der Waals surface area contributed by atoms with Crippen molar-refractivity contribution >= 4 is 11.9 Å². The summed E-state index contributed by atoms with van der Waals surface area (Å²) in [6.07, 6.45) is -4.37. The van der Waals surface area contributed by atoms with Gasteiger partial charge in [-0.3, -0.25) is 4.79 Å². The van der Waals surface area contributed by atoms with Gasteiger partial charge in [0, 0.05) is 19.1 Å². The largest absolute Gasteiger partial charge is 0.416 e. The molecule has 2 rings (SSSR count). The lowest BCUT2D eigenvalue weighted by Gasteiger charge is -2.28. The van der Waals surface area contributed by atoms with Gasteiger partial charge >= 0.3 is 12.2 Å². The van der Waals surface area contributed by atoms with E-state index in [9.17, 15) is 22.8 Å². The molecule has 1 aliphatic rings. The van der Waals surface area contributed by atoms with Crippen molar-refractivity contribution in [3.05, 3.63) is 35.4 Å². The second-order valence-electron chi connectivity index (χ2n) is 5.48. The van der Waals surface area contributed by atoms with Gasteiger partial charge in [-0.15, -0.1) is 0 Å². The Hall–Kier alpha value is -2.25. The molecule has 0 spiro atoms. The molecule has 1 saturated heterocycles. The van der Waals surface area contributed by atoms with Crippen molar-refractivity contribution in [1.82, 2.24) is 15.5 Å². The molecule has 1 heterocycles. The summed E-state index contributed by atoms with van der Waals surface area (Å²) in [7, 11) is 0. The summed E-state index contributed by atoms with van der Waals surface area (Å²) in [4.78, 5) is 24.6. The molecule has 8 heteroatoms. The molecular formula is C15H18F3N3O2. The first-order valence-corrected chi connectivity index (χ1v) is 7.24. The molecule has 5 nitrogen and oxygen atoms in total. The van der Waals surface area contributed by atoms with Crippen LogP contribution in [0, 0.1) is 0 Å². The summed E-state index contributed by atoms with van der Waals surface area (Å²) >= 11 is 0. The highest BCUT2D eigenvalue weighted by Crippen LogP contribution is 2.32. The van der Waals surface area contributed by atoms with Gasteiger partial charge in [-0.25, -0.2) is 4.79 Å². The third-order valence-electron chi connectivity index (χ3n) is 3.54. The third kappa shape index (κ3) is 4.61. The molecule has 0 unspecified atom stereocenters. The Labute approximate surface area is 131 Å². The minimum Gasteiger partial charge on any atom is -0.353 e. The highest BCUT2D eigenvalue weighted by Gasteiger charge is 2.33. The number of alkyl halides is 3. The Morgan fingerprint density at radius 3 is 2.74 bits per heavy atom. The number of carbonyl (C=O) groups excluding carboxylic acids is 2. The van der Waals surface area contributed by atoms with Crippen LogP contribution in [0.1, 0.15) is 18.1 Å². The Morgan fingerprint density at radius 1 is 1.39 bits per heavy atom. The molecule has 2 N–H and O–H groups in total. The number of carbonyl (C=O) groups is 2. The molecular weight excluding hydrogens is 311 g/mol. The Bertz CT molecular complexity index is 590. The normalized spacial score (nSPS) is 16.7. The maximum atomic E-state index is 13.0. The highest BCUT2D eigenvalue weighted by molar-refractivity contribution is 5.85. The number of rotatable bonds is 3. The van der Waals surface area contributed by atoms with Crippen molar-refractivity contribution in [2.45, 2.75) is 25.6 Å². The fourth-order valence-corrected chi connectivity index (χ4v) is 2.47. The van der Waals surface area contributed by atoms with Crippen molar-refractivity contribution in [3.63, 3.8) is 0 Å². The van der Waals surface area contributed by atoms with Crippen LogP contribution >= 0.6 is 0 Å². The van der Waals surface area contributed by atoms with Crippen LogP contribution in [0.4, 0.5) is 18.0 Å². The van der Waals surface area contributed by atoms with E-state index >= 15 is 0 Å². The Kier molecular flexibility index (Phi) is 5.12. The summed E-state index contributed by atoms with van der Waals surface area (Å²) in [5.74, 6) is -0.249. The summed E-state index contributed by atoms with van der Waals surface area (Å²) in [6.45, 7) is 2.34. The number of urea groups is 1. The molecule has 0 bridgehead atoms. The predicted molar refractivity (Wildman–Crippen MR) is 77.7 cm³/mol. The fourth-order valence-electron chi connectivity index (χ4n) is 2.47. The number of halogens is 3. The number of hydrogen-bond donors (Lipinski definition) is 2. The fraction of sp³-hybridized carbons (Fsp3) is 0.467. The molecule has 0 saturated carbocycles. The smallest absolute Gasteiger partial charge is 0.353 e. The van der Waals surface area contributed by atoms with E-state index < -0.39 is 23.8 Å². The van der Waals surface area contributed by atoms with Gasteiger partial charge in [0.15, 0.2) is 0 Å². The predicted octanol–water partition coefficient (Wildman–Crippen LogP) is 1.78. The highest BCUT2D eigenvalue weighted by atomic mass is 19.4. The van der Waals surface area contributed by atoms with Gasteiger partial charge in [0.2, 0.25) is 5.91 Å². The minimum atomic E-state index is -4.43. The van der Waals surface area contributed by atoms with E-state index in [1.165, 1.54) is 23.1 Å². The lowest BCUT2D eigenvalue weighted by atomic mass is 10.0. The molecule has 3 amide bonds. The number of hydrogen-bond acceptors (Lipinski definition) is 2. The third-order valence-corrected chi connectivity index (χ3v) is 3.54. The van der Waals surface area contributed by atoms with Gasteiger partial charge in [0.05, 0.1) is 5.56 Å². The first-order valence-electron chi connectivity index (χ1n) is 7.24. The van der Waals surface area contributed by atoms with Crippen LogP contribution < -0.4 is 10.6 Å². The average molecular weight is 329 g/mol. The Balaban J connectivity index is 1.98. The molecule has 1 aliphatic heterocycles. The monoisotopic (exact) mass is 329 g/mol. The van der Waals surface area contributed by atoms with Gasteiger partial charge in [0.25, 0.3) is 0 Å². The molecule has 23 heavy (non-hydrogen) atoms. The SMILES string of the molecule is C[C@H](Cc1ccccc1C(F)(F)F)NC(=O)N1CCNC(=O)C1. The average Bonchev–Trinajstić information content (AvgIpc) is 2.46. The van der Waals surface area contributed by atoms with Crippen LogP contribution in [0.2, 0.25) is 0 Å². The zero-order valence-electron chi connectivity index (χ0n) is 12.6. The van der Waals surface area contributed by atoms with Gasteiger partial charge < -0.3 is 15.5 Å². The molecule has 1 atom stereocenters. The van der Waals surface area contributed by atoms with E-state index in [1.54, 1.807) is 6.92 Å². The van der Waals surface area contributed by atoms with Crippen LogP contribution in [0.5, 0.6) is 0 Å². The zero-order chi connectivity index (χ0) is 17.0. The van der Waals surface area contributed by atoms with Gasteiger partial charge in [0.1, 0.15) is 6.54 Å². The van der Waals surface area contributed by atoms with Gasteiger partial charge in [-0.05, 0) is 25.0 Å². The van der Waals surface area contributed by atoms with Crippen LogP contribution in [-0.2, 0) is 17.4 Å². The zero-order valence-corrected chi connectivity index (χ0v) is 12.6. The van der Waals surface area contributed by atoms with E-state index in [2.05, 4.69) is 10.6 Å². The van der Waals surface area contributed by atoms with E-state index in [0.29, 0.717) is 13.1 Å². The second kappa shape index (κ2) is 6.89. The molecule has 1 fully saturated rings. The molecule has 0 aromatic heterocycles. The lowest BCUT2D eigenvalue weighted by molar-refractivity contribution is -0.138. The minimum absolute atomic E-state index is 0.0440. The van der Waals surface area contributed by atoms with E-state index in [4.69, 9.17) is 0 Å². The van der Waals surface area contributed by atoms with Crippen molar-refractivity contribution in [1.29, 1.82) is 0 Å². The Morgan fingerprint density at radius 2 is 2.09 bits per heavy atom. The number of nitrogens with one attached hydrogen (secondary N) is 2. The van der Waals surface area contributed by atoms with Crippen LogP contribution in [0.3, 0.4) is 0 Å². The van der Waals surface area contributed by atoms with Crippen LogP contribution in [0.25, 0.3) is 0 Å². The maximum Gasteiger partial charge on any atom is 0.416 e. The van der Waals surface area contributed by atoms with Crippen molar-refractivity contribution < 1.29 is 22.8 Å². The summed E-state index contributed by atoms with van der Waals surface area (Å²) in [6, 6.07) is 4.36. The topological polar surface area (TPSA) is 61.4 Å². The van der Waals surface area contributed by atoms with Crippen LogP contribution in [0.15, 0.2) is 24.3 Å². The molecule has 1 aromatic rings. The summed E-state index contributed by atoms with van der Waals surface area (Å²) < 4.78 is 38.9. The summed E-state index contributed by atoms with van der Waals surface area (Å²) in [5.41, 5.74) is -0.567. The van der Waals surface area contributed by atoms with Crippen molar-refractivity contribution in [3.8, 4) is 0 Å². The molecule has 0 radical (unpaired) electrons. The van der Waals surface area contributed by atoms with E-state index in [0.717, 1.165) is 6.07 Å². The van der Waals surface area contributed by atoms with Gasteiger partial charge in [-0.1, -0.05) is 18.2 Å². The number of benzene rings is 1. The van der Waals surface area contributed by atoms with Crippen molar-refractivity contribution in [2.24, 2.45) is 0 Å². The van der Waals surface area contributed by atoms with E-state index in [-0.39, 0.29) is 24.4 Å². The number of amides is 3. The first kappa shape index (κ1) is 17.1.